The number of ether oxygens (including phenoxy) is 2. The lowest BCUT2D eigenvalue weighted by Crippen LogP contribution is -2.24. The van der Waals surface area contributed by atoms with Gasteiger partial charge in [-0.2, -0.15) is 0 Å². The Morgan fingerprint density at radius 3 is 2.83 bits per heavy atom. The maximum Gasteiger partial charge on any atom is 0.407 e. The summed E-state index contributed by atoms with van der Waals surface area (Å²) in [6, 6.07) is 9.49. The third kappa shape index (κ3) is 5.85. The van der Waals surface area contributed by atoms with E-state index < -0.39 is 12.1 Å². The number of carbonyl (C=O) groups excluding carboxylic acids is 2. The van der Waals surface area contributed by atoms with Gasteiger partial charge >= 0.3 is 12.1 Å². The first-order valence-corrected chi connectivity index (χ1v) is 8.22. The Kier molecular flexibility index (Phi) is 6.97. The molecule has 0 spiro atoms. The van der Waals surface area contributed by atoms with E-state index in [1.807, 2.05) is 36.4 Å². The molecule has 0 aliphatic rings. The molecule has 0 fully saturated rings. The molecule has 6 nitrogen and oxygen atoms in total. The van der Waals surface area contributed by atoms with Gasteiger partial charge in [0.2, 0.25) is 0 Å². The van der Waals surface area contributed by atoms with E-state index in [4.69, 9.17) is 4.74 Å². The molecule has 126 valence electrons. The second-order valence-corrected chi connectivity index (χ2v) is 5.63. The smallest absolute Gasteiger partial charge is 0.407 e. The zero-order valence-corrected chi connectivity index (χ0v) is 14.0. The van der Waals surface area contributed by atoms with E-state index in [9.17, 15) is 9.59 Å². The summed E-state index contributed by atoms with van der Waals surface area (Å²) in [5.41, 5.74) is 1.24. The summed E-state index contributed by atoms with van der Waals surface area (Å²) in [5.74, 6) is -0.450. The van der Waals surface area contributed by atoms with Crippen molar-refractivity contribution in [1.29, 1.82) is 0 Å². The predicted octanol–water partition coefficient (Wildman–Crippen LogP) is 3.26. The van der Waals surface area contributed by atoms with Gasteiger partial charge in [-0.05, 0) is 18.1 Å². The van der Waals surface area contributed by atoms with Crippen LogP contribution < -0.4 is 5.32 Å². The monoisotopic (exact) mass is 346 g/mol. The minimum Gasteiger partial charge on any atom is -0.464 e. The first-order chi connectivity index (χ1) is 11.7. The molecule has 0 saturated heterocycles. The summed E-state index contributed by atoms with van der Waals surface area (Å²) >= 11 is 1.35. The molecule has 7 heteroatoms. The topological polar surface area (TPSA) is 77.5 Å². The molecule has 24 heavy (non-hydrogen) atoms. The quantitative estimate of drug-likeness (QED) is 0.615. The molecule has 0 saturated carbocycles. The average Bonchev–Trinajstić information content (AvgIpc) is 3.09. The van der Waals surface area contributed by atoms with Crippen molar-refractivity contribution in [3.05, 3.63) is 58.1 Å². The molecule has 0 atom stereocenters. The zero-order valence-electron chi connectivity index (χ0n) is 13.2. The number of thiazole rings is 1. The highest BCUT2D eigenvalue weighted by atomic mass is 32.1. The molecule has 1 N–H and O–H groups in total. The average molecular weight is 346 g/mol. The molecule has 2 aromatic rings. The van der Waals surface area contributed by atoms with Crippen LogP contribution in [0.5, 0.6) is 0 Å². The van der Waals surface area contributed by atoms with Gasteiger partial charge in [-0.1, -0.05) is 36.4 Å². The van der Waals surface area contributed by atoms with Gasteiger partial charge in [-0.15, -0.1) is 11.3 Å². The molecule has 1 aromatic heterocycles. The summed E-state index contributed by atoms with van der Waals surface area (Å²) in [6.45, 7) is 0.706. The van der Waals surface area contributed by atoms with Crippen molar-refractivity contribution in [1.82, 2.24) is 10.3 Å². The summed E-state index contributed by atoms with van der Waals surface area (Å²) in [6.07, 6.45) is 3.86. The zero-order chi connectivity index (χ0) is 17.2. The first-order valence-electron chi connectivity index (χ1n) is 7.34. The van der Waals surface area contributed by atoms with E-state index in [1.165, 1.54) is 18.4 Å². The lowest BCUT2D eigenvalue weighted by molar-refractivity contribution is 0.0595. The van der Waals surface area contributed by atoms with E-state index >= 15 is 0 Å². The van der Waals surface area contributed by atoms with E-state index in [0.717, 1.165) is 5.56 Å². The van der Waals surface area contributed by atoms with E-state index in [1.54, 1.807) is 11.5 Å². The van der Waals surface area contributed by atoms with Crippen LogP contribution in [0.4, 0.5) is 4.79 Å². The summed E-state index contributed by atoms with van der Waals surface area (Å²) < 4.78 is 9.69. The van der Waals surface area contributed by atoms with Crippen LogP contribution in [0, 0.1) is 0 Å². The van der Waals surface area contributed by atoms with Crippen molar-refractivity contribution in [3.63, 3.8) is 0 Å². The van der Waals surface area contributed by atoms with E-state index in [-0.39, 0.29) is 6.61 Å². The fourth-order valence-electron chi connectivity index (χ4n) is 1.78. The predicted molar refractivity (Wildman–Crippen MR) is 91.7 cm³/mol. The summed E-state index contributed by atoms with van der Waals surface area (Å²) in [7, 11) is 1.32. The Bertz CT molecular complexity index is 698. The maximum atomic E-state index is 11.5. The third-order valence-electron chi connectivity index (χ3n) is 2.97. The van der Waals surface area contributed by atoms with Gasteiger partial charge < -0.3 is 14.8 Å². The highest BCUT2D eigenvalue weighted by molar-refractivity contribution is 7.10. The summed E-state index contributed by atoms with van der Waals surface area (Å²) in [5, 5.41) is 5.02. The van der Waals surface area contributed by atoms with Crippen LogP contribution in [-0.4, -0.2) is 30.7 Å². The number of nitrogens with one attached hydrogen (secondary N) is 1. The third-order valence-corrected chi connectivity index (χ3v) is 3.78. The fraction of sp³-hybridized carbons (Fsp3) is 0.235. The van der Waals surface area contributed by atoms with Gasteiger partial charge in [0.15, 0.2) is 5.69 Å². The maximum absolute atomic E-state index is 11.5. The number of amides is 1. The first kappa shape index (κ1) is 17.7. The number of hydrogen-bond donors (Lipinski definition) is 1. The Labute approximate surface area is 144 Å². The van der Waals surface area contributed by atoms with Crippen molar-refractivity contribution < 1.29 is 19.1 Å². The van der Waals surface area contributed by atoms with Crippen molar-refractivity contribution >= 4 is 29.5 Å². The van der Waals surface area contributed by atoms with Gasteiger partial charge in [0.05, 0.1) is 7.11 Å². The van der Waals surface area contributed by atoms with Gasteiger partial charge in [-0.3, -0.25) is 0 Å². The Balaban J connectivity index is 1.64. The number of methoxy groups -OCH3 is 1. The van der Waals surface area contributed by atoms with Crippen LogP contribution in [0.15, 0.2) is 41.8 Å². The molecule has 0 unspecified atom stereocenters. The molecule has 1 heterocycles. The SMILES string of the molecule is COC(=O)c1csc(C=CCCNC(=O)OCc2ccccc2)n1. The van der Waals surface area contributed by atoms with Crippen LogP contribution in [0.1, 0.15) is 27.5 Å². The highest BCUT2D eigenvalue weighted by Gasteiger charge is 2.08. The Morgan fingerprint density at radius 1 is 1.29 bits per heavy atom. The second kappa shape index (κ2) is 9.46. The van der Waals surface area contributed by atoms with Crippen LogP contribution in [0.3, 0.4) is 0 Å². The van der Waals surface area contributed by atoms with E-state index in [2.05, 4.69) is 15.0 Å². The van der Waals surface area contributed by atoms with Gasteiger partial charge in [0, 0.05) is 11.9 Å². The molecular formula is C17H18N2O4S. The normalized spacial score (nSPS) is 10.5. The number of carbonyl (C=O) groups is 2. The molecule has 0 aliphatic heterocycles. The molecule has 0 radical (unpaired) electrons. The molecule has 2 rings (SSSR count). The van der Waals surface area contributed by atoms with Gasteiger partial charge in [0.25, 0.3) is 0 Å². The van der Waals surface area contributed by atoms with Gasteiger partial charge in [0.1, 0.15) is 11.6 Å². The van der Waals surface area contributed by atoms with Crippen LogP contribution >= 0.6 is 11.3 Å². The largest absolute Gasteiger partial charge is 0.464 e. The standard InChI is InChI=1S/C17H18N2O4S/c1-22-16(20)14-12-24-15(19-14)9-5-6-10-18-17(21)23-11-13-7-3-2-4-8-13/h2-5,7-9,12H,6,10-11H2,1H3,(H,18,21). The number of hydrogen-bond acceptors (Lipinski definition) is 6. The van der Waals surface area contributed by atoms with E-state index in [0.29, 0.717) is 23.7 Å². The Hall–Kier alpha value is -2.67. The van der Waals surface area contributed by atoms with Crippen LogP contribution in [-0.2, 0) is 16.1 Å². The minimum absolute atomic E-state index is 0.248. The van der Waals surface area contributed by atoms with Crippen molar-refractivity contribution in [2.45, 2.75) is 13.0 Å². The number of rotatable bonds is 7. The number of alkyl carbamates (subject to hydrolysis) is 1. The molecule has 1 amide bonds. The molecule has 0 aliphatic carbocycles. The van der Waals surface area contributed by atoms with Crippen molar-refractivity contribution in [2.24, 2.45) is 0 Å². The molecule has 1 aromatic carbocycles. The Morgan fingerprint density at radius 2 is 2.08 bits per heavy atom. The fourth-order valence-corrected chi connectivity index (χ4v) is 2.49. The number of esters is 1. The summed E-state index contributed by atoms with van der Waals surface area (Å²) in [4.78, 5) is 26.9. The molecular weight excluding hydrogens is 328 g/mol. The minimum atomic E-state index is -0.450. The lowest BCUT2D eigenvalue weighted by atomic mass is 10.2. The van der Waals surface area contributed by atoms with Crippen molar-refractivity contribution in [3.8, 4) is 0 Å². The second-order valence-electron chi connectivity index (χ2n) is 4.74. The van der Waals surface area contributed by atoms with Gasteiger partial charge in [-0.25, -0.2) is 14.6 Å². The number of nitrogens with zero attached hydrogens (tertiary/aromatic N) is 1. The number of aromatic nitrogens is 1. The van der Waals surface area contributed by atoms with Crippen LogP contribution in [0.25, 0.3) is 6.08 Å². The highest BCUT2D eigenvalue weighted by Crippen LogP contribution is 2.12. The number of benzene rings is 1. The van der Waals surface area contributed by atoms with Crippen LogP contribution in [0.2, 0.25) is 0 Å². The molecule has 0 bridgehead atoms. The van der Waals surface area contributed by atoms with Crippen molar-refractivity contribution in [2.75, 3.05) is 13.7 Å². The lowest BCUT2D eigenvalue weighted by Gasteiger charge is -2.05.